The lowest BCUT2D eigenvalue weighted by Gasteiger charge is -2.29. The maximum atomic E-state index is 14.1. The van der Waals surface area contributed by atoms with Gasteiger partial charge in [0, 0.05) is 17.8 Å². The van der Waals surface area contributed by atoms with Crippen molar-refractivity contribution in [1.82, 2.24) is 0 Å². The maximum Gasteiger partial charge on any atom is 0.264 e. The van der Waals surface area contributed by atoms with Crippen LogP contribution in [0.15, 0.2) is 71.6 Å². The third-order valence-corrected chi connectivity index (χ3v) is 7.72. The second-order valence-corrected chi connectivity index (χ2v) is 10.1. The molecule has 1 atom stereocenters. The first-order valence-corrected chi connectivity index (χ1v) is 12.4. The Hall–Kier alpha value is -3.59. The summed E-state index contributed by atoms with van der Waals surface area (Å²) in [5.41, 5.74) is 1.84. The van der Waals surface area contributed by atoms with Crippen LogP contribution in [0.5, 0.6) is 11.5 Å². The van der Waals surface area contributed by atoms with Gasteiger partial charge in [-0.25, -0.2) is 12.8 Å². The first-order chi connectivity index (χ1) is 16.3. The zero-order valence-electron chi connectivity index (χ0n) is 18.5. The highest BCUT2D eigenvalue weighted by Gasteiger charge is 2.35. The minimum absolute atomic E-state index is 0.0587. The van der Waals surface area contributed by atoms with Gasteiger partial charge in [0.05, 0.1) is 10.6 Å². The van der Waals surface area contributed by atoms with Gasteiger partial charge in [0.2, 0.25) is 5.91 Å². The fourth-order valence-electron chi connectivity index (χ4n) is 4.40. The largest absolute Gasteiger partial charge is 0.486 e. The van der Waals surface area contributed by atoms with E-state index in [1.54, 1.807) is 4.90 Å². The number of fused-ring (bicyclic) bond motifs is 2. The number of carbonyl (C=O) groups is 1. The van der Waals surface area contributed by atoms with E-state index in [1.165, 1.54) is 36.4 Å². The van der Waals surface area contributed by atoms with Gasteiger partial charge in [-0.15, -0.1) is 0 Å². The first-order valence-electron chi connectivity index (χ1n) is 10.9. The van der Waals surface area contributed by atoms with E-state index in [2.05, 4.69) is 0 Å². The minimum Gasteiger partial charge on any atom is -0.486 e. The summed E-state index contributed by atoms with van der Waals surface area (Å²) in [5, 5.41) is 0. The van der Waals surface area contributed by atoms with Crippen molar-refractivity contribution in [2.75, 3.05) is 29.0 Å². The summed E-state index contributed by atoms with van der Waals surface area (Å²) in [4.78, 5) is 15.0. The van der Waals surface area contributed by atoms with E-state index in [9.17, 15) is 17.6 Å². The van der Waals surface area contributed by atoms with Crippen molar-refractivity contribution in [3.05, 3.63) is 78.1 Å². The standard InChI is InChI=1S/C25H23FN2O5S/c1-17-13-18-5-2-3-8-22(18)28(17)25(29)16-27(20-7-4-6-19(26)14-20)34(30,31)21-9-10-23-24(15-21)33-12-11-32-23/h2-10,14-15,17H,11-13,16H2,1H3. The molecule has 0 fully saturated rings. The lowest BCUT2D eigenvalue weighted by molar-refractivity contribution is -0.117. The van der Waals surface area contributed by atoms with E-state index < -0.39 is 28.3 Å². The van der Waals surface area contributed by atoms with Crippen LogP contribution in [0.4, 0.5) is 15.8 Å². The Balaban J connectivity index is 1.53. The van der Waals surface area contributed by atoms with E-state index in [-0.39, 0.29) is 16.6 Å². The van der Waals surface area contributed by atoms with Crippen LogP contribution in [0.25, 0.3) is 0 Å². The topological polar surface area (TPSA) is 76.2 Å². The number of halogens is 1. The van der Waals surface area contributed by atoms with Crippen LogP contribution in [-0.2, 0) is 21.2 Å². The van der Waals surface area contributed by atoms with Crippen LogP contribution in [0.2, 0.25) is 0 Å². The Morgan fingerprint density at radius 3 is 2.59 bits per heavy atom. The molecule has 1 unspecified atom stereocenters. The quantitative estimate of drug-likeness (QED) is 0.554. The second kappa shape index (κ2) is 8.64. The average molecular weight is 483 g/mol. The fraction of sp³-hybridized carbons (Fsp3) is 0.240. The smallest absolute Gasteiger partial charge is 0.264 e. The molecule has 0 aliphatic carbocycles. The van der Waals surface area contributed by atoms with Crippen molar-refractivity contribution >= 4 is 27.3 Å². The van der Waals surface area contributed by atoms with Crippen molar-refractivity contribution in [1.29, 1.82) is 0 Å². The number of amides is 1. The summed E-state index contributed by atoms with van der Waals surface area (Å²) in [7, 11) is -4.24. The molecule has 1 amide bonds. The molecule has 2 aliphatic rings. The van der Waals surface area contributed by atoms with Crippen LogP contribution in [0.3, 0.4) is 0 Å². The number of hydrogen-bond donors (Lipinski definition) is 0. The molecule has 0 bridgehead atoms. The highest BCUT2D eigenvalue weighted by Crippen LogP contribution is 2.36. The van der Waals surface area contributed by atoms with Crippen LogP contribution in [-0.4, -0.2) is 40.1 Å². The molecule has 5 rings (SSSR count). The van der Waals surface area contributed by atoms with E-state index in [0.717, 1.165) is 21.6 Å². The summed E-state index contributed by atoms with van der Waals surface area (Å²) in [6.07, 6.45) is 0.677. The number of benzene rings is 3. The summed E-state index contributed by atoms with van der Waals surface area (Å²) in [6, 6.07) is 16.9. The predicted octanol–water partition coefficient (Wildman–Crippen LogP) is 3.77. The molecular formula is C25H23FN2O5S. The van der Waals surface area contributed by atoms with Gasteiger partial charge in [-0.3, -0.25) is 9.10 Å². The molecule has 0 radical (unpaired) electrons. The molecule has 0 saturated carbocycles. The highest BCUT2D eigenvalue weighted by molar-refractivity contribution is 7.92. The predicted molar refractivity (Wildman–Crippen MR) is 125 cm³/mol. The summed E-state index contributed by atoms with van der Waals surface area (Å²) < 4.78 is 53.5. The Morgan fingerprint density at radius 2 is 1.79 bits per heavy atom. The normalized spacial score (nSPS) is 16.8. The number of nitrogens with zero attached hydrogens (tertiary/aromatic N) is 2. The SMILES string of the molecule is CC1Cc2ccccc2N1C(=O)CN(c1cccc(F)c1)S(=O)(=O)c1ccc2c(c1)OCCO2. The van der Waals surface area contributed by atoms with E-state index in [4.69, 9.17) is 9.47 Å². The molecule has 176 valence electrons. The van der Waals surface area contributed by atoms with Gasteiger partial charge in [-0.05, 0) is 55.3 Å². The number of hydrogen-bond acceptors (Lipinski definition) is 5. The molecule has 0 N–H and O–H groups in total. The van der Waals surface area contributed by atoms with Gasteiger partial charge >= 0.3 is 0 Å². The molecule has 34 heavy (non-hydrogen) atoms. The monoisotopic (exact) mass is 482 g/mol. The lowest BCUT2D eigenvalue weighted by Crippen LogP contribution is -2.45. The summed E-state index contributed by atoms with van der Waals surface area (Å²) in [6.45, 7) is 2.10. The highest BCUT2D eigenvalue weighted by atomic mass is 32.2. The molecule has 0 aromatic heterocycles. The van der Waals surface area contributed by atoms with Crippen molar-refractivity contribution in [3.63, 3.8) is 0 Å². The fourth-order valence-corrected chi connectivity index (χ4v) is 5.82. The van der Waals surface area contributed by atoms with Gasteiger partial charge < -0.3 is 14.4 Å². The molecule has 0 saturated heterocycles. The third-order valence-electron chi connectivity index (χ3n) is 5.95. The Labute approximate surface area is 197 Å². The zero-order chi connectivity index (χ0) is 23.9. The molecule has 0 spiro atoms. The van der Waals surface area contributed by atoms with Gasteiger partial charge in [-0.1, -0.05) is 24.3 Å². The molecule has 2 aliphatic heterocycles. The van der Waals surface area contributed by atoms with Crippen molar-refractivity contribution in [3.8, 4) is 11.5 Å². The van der Waals surface area contributed by atoms with E-state index in [0.29, 0.717) is 31.1 Å². The number of para-hydroxylation sites is 1. The lowest BCUT2D eigenvalue weighted by atomic mass is 10.1. The summed E-state index contributed by atoms with van der Waals surface area (Å²) in [5.74, 6) is -0.254. The Bertz CT molecular complexity index is 1360. The van der Waals surface area contributed by atoms with Crippen molar-refractivity contribution < 1.29 is 27.1 Å². The van der Waals surface area contributed by atoms with Gasteiger partial charge in [0.1, 0.15) is 25.6 Å². The van der Waals surface area contributed by atoms with Crippen molar-refractivity contribution in [2.45, 2.75) is 24.3 Å². The van der Waals surface area contributed by atoms with Crippen LogP contribution >= 0.6 is 0 Å². The third kappa shape index (κ3) is 3.96. The molecule has 9 heteroatoms. The number of anilines is 2. The molecular weight excluding hydrogens is 459 g/mol. The zero-order valence-corrected chi connectivity index (χ0v) is 19.3. The number of ether oxygens (including phenoxy) is 2. The van der Waals surface area contributed by atoms with Gasteiger partial charge in [-0.2, -0.15) is 0 Å². The van der Waals surface area contributed by atoms with Crippen LogP contribution in [0.1, 0.15) is 12.5 Å². The van der Waals surface area contributed by atoms with Crippen molar-refractivity contribution in [2.24, 2.45) is 0 Å². The van der Waals surface area contributed by atoms with Crippen LogP contribution in [0, 0.1) is 5.82 Å². The van der Waals surface area contributed by atoms with E-state index in [1.807, 2.05) is 31.2 Å². The number of sulfonamides is 1. The average Bonchev–Trinajstić information content (AvgIpc) is 3.17. The number of carbonyl (C=O) groups excluding carboxylic acids is 1. The Morgan fingerprint density at radius 1 is 1.03 bits per heavy atom. The molecule has 3 aromatic carbocycles. The first kappa shape index (κ1) is 22.2. The minimum atomic E-state index is -4.24. The van der Waals surface area contributed by atoms with Gasteiger partial charge in [0.15, 0.2) is 11.5 Å². The molecule has 7 nitrogen and oxygen atoms in total. The molecule has 2 heterocycles. The van der Waals surface area contributed by atoms with Crippen LogP contribution < -0.4 is 18.7 Å². The number of rotatable bonds is 5. The summed E-state index contributed by atoms with van der Waals surface area (Å²) >= 11 is 0. The second-order valence-electron chi connectivity index (χ2n) is 8.24. The molecule has 3 aromatic rings. The van der Waals surface area contributed by atoms with Gasteiger partial charge in [0.25, 0.3) is 10.0 Å². The maximum absolute atomic E-state index is 14.1. The Kier molecular flexibility index (Phi) is 5.65. The van der Waals surface area contributed by atoms with E-state index >= 15 is 0 Å².